The summed E-state index contributed by atoms with van der Waals surface area (Å²) in [4.78, 5) is 31.5. The molecular formula is C24H15ClN2O3. The van der Waals surface area contributed by atoms with Crippen LogP contribution in [0.1, 0.15) is 17.2 Å². The van der Waals surface area contributed by atoms with Crippen molar-refractivity contribution in [1.29, 1.82) is 0 Å². The Morgan fingerprint density at radius 3 is 2.47 bits per heavy atom. The monoisotopic (exact) mass is 414 g/mol. The van der Waals surface area contributed by atoms with Gasteiger partial charge in [-0.15, -0.1) is 0 Å². The summed E-state index contributed by atoms with van der Waals surface area (Å²) in [6, 6.07) is 21.5. The highest BCUT2D eigenvalue weighted by Crippen LogP contribution is 2.43. The molecule has 0 fully saturated rings. The number of esters is 1. The van der Waals surface area contributed by atoms with Crippen LogP contribution >= 0.6 is 11.6 Å². The largest absolute Gasteiger partial charge is 0.419 e. The zero-order valence-corrected chi connectivity index (χ0v) is 16.4. The van der Waals surface area contributed by atoms with Gasteiger partial charge in [-0.2, -0.15) is 0 Å². The minimum absolute atomic E-state index is 0.360. The molecule has 2 heterocycles. The van der Waals surface area contributed by atoms with Crippen LogP contribution in [0.2, 0.25) is 5.02 Å². The molecule has 0 bridgehead atoms. The Labute approximate surface area is 177 Å². The second kappa shape index (κ2) is 7.28. The molecule has 6 heteroatoms. The maximum absolute atomic E-state index is 13.2. The first-order valence-electron chi connectivity index (χ1n) is 9.36. The number of ether oxygens (including phenoxy) is 1. The molecule has 146 valence electrons. The molecule has 5 rings (SSSR count). The maximum Gasteiger partial charge on any atom is 0.402 e. The molecule has 1 aliphatic heterocycles. The molecule has 0 spiro atoms. The Morgan fingerprint density at radius 1 is 0.900 bits per heavy atom. The Hall–Kier alpha value is -3.70. The summed E-state index contributed by atoms with van der Waals surface area (Å²) in [5, 5.41) is 2.45. The molecule has 1 amide bonds. The van der Waals surface area contributed by atoms with Gasteiger partial charge in [0.25, 0.3) is 0 Å². The van der Waals surface area contributed by atoms with Gasteiger partial charge < -0.3 is 4.74 Å². The Morgan fingerprint density at radius 2 is 1.70 bits per heavy atom. The van der Waals surface area contributed by atoms with Crippen molar-refractivity contribution in [2.45, 2.75) is 6.04 Å². The van der Waals surface area contributed by atoms with Crippen molar-refractivity contribution in [3.05, 3.63) is 101 Å². The molecule has 1 aliphatic rings. The third kappa shape index (κ3) is 3.00. The van der Waals surface area contributed by atoms with Gasteiger partial charge in [-0.25, -0.2) is 4.79 Å². The van der Waals surface area contributed by atoms with Crippen LogP contribution in [0, 0.1) is 0 Å². The molecule has 30 heavy (non-hydrogen) atoms. The Bertz CT molecular complexity index is 1270. The first kappa shape index (κ1) is 18.3. The second-order valence-electron chi connectivity index (χ2n) is 6.93. The van der Waals surface area contributed by atoms with Gasteiger partial charge in [-0.1, -0.05) is 54.1 Å². The van der Waals surface area contributed by atoms with Gasteiger partial charge in [0.1, 0.15) is 5.75 Å². The minimum atomic E-state index is -0.938. The van der Waals surface area contributed by atoms with Gasteiger partial charge in [0.05, 0.1) is 17.9 Å². The molecule has 0 saturated heterocycles. The quantitative estimate of drug-likeness (QED) is 0.265. The number of halogens is 1. The minimum Gasteiger partial charge on any atom is -0.419 e. The maximum atomic E-state index is 13.2. The van der Waals surface area contributed by atoms with Crippen LogP contribution in [-0.4, -0.2) is 16.9 Å². The number of hydrogen-bond acceptors (Lipinski definition) is 4. The van der Waals surface area contributed by atoms with Crippen molar-refractivity contribution in [3.8, 4) is 5.75 Å². The zero-order valence-electron chi connectivity index (χ0n) is 15.7. The van der Waals surface area contributed by atoms with Crippen LogP contribution < -0.4 is 9.64 Å². The zero-order chi connectivity index (χ0) is 20.7. The number of benzene rings is 3. The Balaban J connectivity index is 1.87. The number of fused-ring (bicyclic) bond motifs is 3. The van der Waals surface area contributed by atoms with E-state index in [1.165, 1.54) is 4.90 Å². The smallest absolute Gasteiger partial charge is 0.402 e. The van der Waals surface area contributed by atoms with E-state index < -0.39 is 17.9 Å². The molecule has 3 aromatic carbocycles. The Kier molecular flexibility index (Phi) is 4.45. The summed E-state index contributed by atoms with van der Waals surface area (Å²) in [5.74, 6) is -1.34. The average molecular weight is 415 g/mol. The van der Waals surface area contributed by atoms with E-state index in [0.29, 0.717) is 16.5 Å². The van der Waals surface area contributed by atoms with Crippen LogP contribution in [0.4, 0.5) is 5.69 Å². The number of rotatable bonds is 2. The van der Waals surface area contributed by atoms with E-state index in [2.05, 4.69) is 4.98 Å². The lowest BCUT2D eigenvalue weighted by Crippen LogP contribution is -2.39. The van der Waals surface area contributed by atoms with Gasteiger partial charge >= 0.3 is 11.9 Å². The standard InChI is InChI=1S/C24H15ClN2O3/c25-17-10-7-16(8-11-17)22-21-19-6-2-1-4-15(19)9-12-20(21)30-24(29)23(28)27(22)18-5-3-13-26-14-18/h1-14,22H. The van der Waals surface area contributed by atoms with Crippen LogP contribution in [-0.2, 0) is 9.59 Å². The molecule has 4 aromatic rings. The van der Waals surface area contributed by atoms with E-state index in [-0.39, 0.29) is 0 Å². The molecule has 0 N–H and O–H groups in total. The van der Waals surface area contributed by atoms with Gasteiger partial charge in [-0.3, -0.25) is 14.7 Å². The van der Waals surface area contributed by atoms with Crippen LogP contribution in [0.3, 0.4) is 0 Å². The summed E-state index contributed by atoms with van der Waals surface area (Å²) >= 11 is 6.11. The number of nitrogens with zero attached hydrogens (tertiary/aromatic N) is 2. The lowest BCUT2D eigenvalue weighted by Gasteiger charge is -2.30. The molecule has 0 saturated carbocycles. The van der Waals surface area contributed by atoms with Crippen molar-refractivity contribution < 1.29 is 14.3 Å². The SMILES string of the molecule is O=C1Oc2ccc3ccccc3c2C(c2ccc(Cl)cc2)N(c2cccnc2)C1=O. The fourth-order valence-corrected chi connectivity index (χ4v) is 3.98. The molecule has 1 atom stereocenters. The summed E-state index contributed by atoms with van der Waals surface area (Å²) in [7, 11) is 0. The number of carbonyl (C=O) groups excluding carboxylic acids is 2. The summed E-state index contributed by atoms with van der Waals surface area (Å²) < 4.78 is 5.53. The van der Waals surface area contributed by atoms with Gasteiger partial charge in [0.2, 0.25) is 0 Å². The number of anilines is 1. The van der Waals surface area contributed by atoms with Crippen molar-refractivity contribution in [1.82, 2.24) is 4.98 Å². The van der Waals surface area contributed by atoms with E-state index in [1.807, 2.05) is 42.5 Å². The first-order chi connectivity index (χ1) is 14.6. The average Bonchev–Trinajstić information content (AvgIpc) is 2.89. The highest BCUT2D eigenvalue weighted by atomic mass is 35.5. The van der Waals surface area contributed by atoms with E-state index in [4.69, 9.17) is 16.3 Å². The predicted octanol–water partition coefficient (Wildman–Crippen LogP) is 4.93. The van der Waals surface area contributed by atoms with E-state index in [1.54, 1.807) is 42.7 Å². The van der Waals surface area contributed by atoms with Crippen LogP contribution in [0.15, 0.2) is 85.2 Å². The highest BCUT2D eigenvalue weighted by molar-refractivity contribution is 6.39. The summed E-state index contributed by atoms with van der Waals surface area (Å²) in [6.07, 6.45) is 3.18. The molecule has 0 aliphatic carbocycles. The summed E-state index contributed by atoms with van der Waals surface area (Å²) in [6.45, 7) is 0. The van der Waals surface area contributed by atoms with Crippen LogP contribution in [0.25, 0.3) is 10.8 Å². The predicted molar refractivity (Wildman–Crippen MR) is 115 cm³/mol. The number of carbonyl (C=O) groups is 2. The van der Waals surface area contributed by atoms with E-state index >= 15 is 0 Å². The van der Waals surface area contributed by atoms with Crippen molar-refractivity contribution in [2.75, 3.05) is 4.90 Å². The van der Waals surface area contributed by atoms with Crippen molar-refractivity contribution in [2.24, 2.45) is 0 Å². The van der Waals surface area contributed by atoms with E-state index in [0.717, 1.165) is 21.9 Å². The van der Waals surface area contributed by atoms with Gasteiger partial charge in [-0.05, 0) is 46.7 Å². The normalized spacial score (nSPS) is 16.2. The fourth-order valence-electron chi connectivity index (χ4n) is 3.86. The number of aromatic nitrogens is 1. The van der Waals surface area contributed by atoms with E-state index in [9.17, 15) is 9.59 Å². The molecule has 5 nitrogen and oxygen atoms in total. The number of amides is 1. The lowest BCUT2D eigenvalue weighted by molar-refractivity contribution is -0.146. The third-order valence-corrected chi connectivity index (χ3v) is 5.42. The van der Waals surface area contributed by atoms with Gasteiger partial charge in [0.15, 0.2) is 0 Å². The second-order valence-corrected chi connectivity index (χ2v) is 7.36. The summed E-state index contributed by atoms with van der Waals surface area (Å²) in [5.41, 5.74) is 2.03. The molecule has 1 aromatic heterocycles. The topological polar surface area (TPSA) is 59.5 Å². The van der Waals surface area contributed by atoms with Gasteiger partial charge in [0, 0.05) is 16.8 Å². The molecule has 1 unspecified atom stereocenters. The third-order valence-electron chi connectivity index (χ3n) is 5.17. The highest BCUT2D eigenvalue weighted by Gasteiger charge is 2.39. The first-order valence-corrected chi connectivity index (χ1v) is 9.74. The lowest BCUT2D eigenvalue weighted by atomic mass is 9.91. The molecular weight excluding hydrogens is 400 g/mol. The van der Waals surface area contributed by atoms with Crippen molar-refractivity contribution >= 4 is 39.9 Å². The van der Waals surface area contributed by atoms with Crippen molar-refractivity contribution in [3.63, 3.8) is 0 Å². The number of pyridine rings is 1. The van der Waals surface area contributed by atoms with Crippen LogP contribution in [0.5, 0.6) is 5.75 Å². The number of hydrogen-bond donors (Lipinski definition) is 0. The molecule has 0 radical (unpaired) electrons. The fraction of sp³-hybridized carbons (Fsp3) is 0.0417.